The molecule has 80 valence electrons. The molecule has 0 fully saturated rings. The number of hydrogen-bond acceptors (Lipinski definition) is 0. The van der Waals surface area contributed by atoms with Gasteiger partial charge < -0.3 is 0 Å². The van der Waals surface area contributed by atoms with Crippen LogP contribution >= 0.6 is 0 Å². The standard InChI is InChI=1S/C11H17N4/c1-12-3-6-14(7-4-12)9-10-15-8-5-13(2)11-15/h3-8,11H,9-10H2,1-2H3/q+1/p+2. The summed E-state index contributed by atoms with van der Waals surface area (Å²) in [6.07, 6.45) is 15.0. The van der Waals surface area contributed by atoms with Gasteiger partial charge in [-0.25, -0.2) is 9.13 Å². The predicted molar refractivity (Wildman–Crippen MR) is 56.6 cm³/mol. The van der Waals surface area contributed by atoms with Gasteiger partial charge in [0, 0.05) is 0 Å². The van der Waals surface area contributed by atoms with Crippen molar-refractivity contribution >= 4 is 0 Å². The molecule has 0 spiro atoms. The Labute approximate surface area is 90.3 Å². The van der Waals surface area contributed by atoms with E-state index >= 15 is 0 Å². The summed E-state index contributed by atoms with van der Waals surface area (Å²) in [6, 6.07) is 0. The summed E-state index contributed by atoms with van der Waals surface area (Å²) in [5, 5.41) is 0. The Hall–Kier alpha value is -1.39. The van der Waals surface area contributed by atoms with Crippen LogP contribution in [0.3, 0.4) is 0 Å². The molecule has 15 heavy (non-hydrogen) atoms. The molecule has 0 unspecified atom stereocenters. The Balaban J connectivity index is 1.84. The fourth-order valence-electron chi connectivity index (χ4n) is 1.65. The van der Waals surface area contributed by atoms with Crippen molar-refractivity contribution in [3.05, 3.63) is 43.5 Å². The zero-order valence-electron chi connectivity index (χ0n) is 9.35. The summed E-state index contributed by atoms with van der Waals surface area (Å²) in [5.41, 5.74) is 0. The first kappa shape index (κ1) is 10.1. The van der Waals surface area contributed by atoms with E-state index in [0.717, 1.165) is 13.1 Å². The van der Waals surface area contributed by atoms with Crippen LogP contribution < -0.4 is 14.4 Å². The summed E-state index contributed by atoms with van der Waals surface area (Å²) in [7, 11) is 4.16. The normalized spacial score (nSPS) is 24.7. The van der Waals surface area contributed by atoms with Crippen LogP contribution in [-0.2, 0) is 13.6 Å². The average Bonchev–Trinajstić information content (AvgIpc) is 2.64. The molecular weight excluding hydrogens is 188 g/mol. The van der Waals surface area contributed by atoms with E-state index in [1.165, 1.54) is 9.80 Å². The SMILES string of the molecule is C[n+]1ccn(CC[NH+]2C=C[NH+](C)C=C2)c1. The number of quaternary nitrogens is 2. The molecule has 0 atom stereocenters. The number of aromatic nitrogens is 2. The highest BCUT2D eigenvalue weighted by atomic mass is 15.2. The monoisotopic (exact) mass is 207 g/mol. The van der Waals surface area contributed by atoms with Crippen molar-refractivity contribution in [3.63, 3.8) is 0 Å². The fraction of sp³-hybridized carbons (Fsp3) is 0.364. The van der Waals surface area contributed by atoms with Crippen molar-refractivity contribution in [2.45, 2.75) is 6.54 Å². The molecule has 0 aliphatic carbocycles. The molecule has 4 heteroatoms. The van der Waals surface area contributed by atoms with Gasteiger partial charge in [0.15, 0.2) is 24.8 Å². The Bertz CT molecular complexity index is 364. The summed E-state index contributed by atoms with van der Waals surface area (Å²) in [6.45, 7) is 2.14. The van der Waals surface area contributed by atoms with Crippen LogP contribution in [0, 0.1) is 0 Å². The Morgan fingerprint density at radius 3 is 2.53 bits per heavy atom. The van der Waals surface area contributed by atoms with Gasteiger partial charge in [-0.3, -0.25) is 9.80 Å². The minimum absolute atomic E-state index is 1.05. The van der Waals surface area contributed by atoms with Gasteiger partial charge in [-0.1, -0.05) is 0 Å². The lowest BCUT2D eigenvalue weighted by atomic mass is 10.5. The van der Waals surface area contributed by atoms with Crippen molar-refractivity contribution in [2.75, 3.05) is 13.6 Å². The Morgan fingerprint density at radius 2 is 1.93 bits per heavy atom. The van der Waals surface area contributed by atoms with Gasteiger partial charge >= 0.3 is 0 Å². The molecular formula is C11H19N4+3. The van der Waals surface area contributed by atoms with Crippen LogP contribution in [0.4, 0.5) is 0 Å². The van der Waals surface area contributed by atoms with E-state index in [4.69, 9.17) is 0 Å². The molecule has 0 saturated carbocycles. The molecule has 0 aromatic carbocycles. The maximum atomic E-state index is 2.21. The molecule has 0 saturated heterocycles. The van der Waals surface area contributed by atoms with E-state index in [-0.39, 0.29) is 0 Å². The summed E-state index contributed by atoms with van der Waals surface area (Å²) in [4.78, 5) is 2.73. The zero-order valence-corrected chi connectivity index (χ0v) is 9.35. The highest BCUT2D eigenvalue weighted by Crippen LogP contribution is 1.80. The highest BCUT2D eigenvalue weighted by molar-refractivity contribution is 4.73. The minimum atomic E-state index is 1.05. The van der Waals surface area contributed by atoms with E-state index in [1.807, 2.05) is 7.05 Å². The Morgan fingerprint density at radius 1 is 1.20 bits per heavy atom. The summed E-state index contributed by atoms with van der Waals surface area (Å²) < 4.78 is 4.27. The van der Waals surface area contributed by atoms with Crippen molar-refractivity contribution < 1.29 is 14.4 Å². The topological polar surface area (TPSA) is 17.7 Å². The average molecular weight is 207 g/mol. The van der Waals surface area contributed by atoms with Crippen molar-refractivity contribution in [2.24, 2.45) is 7.05 Å². The third kappa shape index (κ3) is 2.78. The van der Waals surface area contributed by atoms with Gasteiger partial charge in [-0.15, -0.1) is 0 Å². The van der Waals surface area contributed by atoms with Crippen LogP contribution in [0.1, 0.15) is 0 Å². The number of aryl methyl sites for hydroxylation is 1. The molecule has 2 heterocycles. The van der Waals surface area contributed by atoms with E-state index in [2.05, 4.69) is 59.7 Å². The first-order chi connectivity index (χ1) is 7.24. The van der Waals surface area contributed by atoms with Gasteiger partial charge in [0.1, 0.15) is 25.5 Å². The molecule has 1 aliphatic rings. The third-order valence-corrected chi connectivity index (χ3v) is 2.60. The second kappa shape index (κ2) is 4.42. The number of nitrogens with one attached hydrogen (secondary N) is 2. The smallest absolute Gasteiger partial charge is 0.243 e. The second-order valence-corrected chi connectivity index (χ2v) is 4.05. The van der Waals surface area contributed by atoms with Crippen molar-refractivity contribution in [3.8, 4) is 0 Å². The molecule has 1 aromatic rings. The first-order valence-electron chi connectivity index (χ1n) is 5.30. The number of imidazole rings is 1. The quantitative estimate of drug-likeness (QED) is 0.518. The van der Waals surface area contributed by atoms with E-state index in [1.54, 1.807) is 0 Å². The third-order valence-electron chi connectivity index (χ3n) is 2.60. The number of hydrogen-bond donors (Lipinski definition) is 2. The molecule has 0 amide bonds. The maximum Gasteiger partial charge on any atom is 0.243 e. The minimum Gasteiger partial charge on any atom is -0.276 e. The van der Waals surface area contributed by atoms with Crippen LogP contribution in [-0.4, -0.2) is 18.2 Å². The molecule has 2 N–H and O–H groups in total. The first-order valence-corrected chi connectivity index (χ1v) is 5.30. The van der Waals surface area contributed by atoms with Crippen LogP contribution in [0.15, 0.2) is 43.5 Å². The summed E-state index contributed by atoms with van der Waals surface area (Å²) >= 11 is 0. The maximum absolute atomic E-state index is 2.21. The van der Waals surface area contributed by atoms with Gasteiger partial charge in [0.05, 0.1) is 14.1 Å². The fourth-order valence-corrected chi connectivity index (χ4v) is 1.65. The van der Waals surface area contributed by atoms with E-state index in [9.17, 15) is 0 Å². The van der Waals surface area contributed by atoms with E-state index < -0.39 is 0 Å². The zero-order chi connectivity index (χ0) is 10.7. The van der Waals surface area contributed by atoms with E-state index in [0.29, 0.717) is 0 Å². The molecule has 1 aliphatic heterocycles. The number of nitrogens with zero attached hydrogens (tertiary/aromatic N) is 2. The summed E-state index contributed by atoms with van der Waals surface area (Å²) in [5.74, 6) is 0. The molecule has 1 aromatic heterocycles. The van der Waals surface area contributed by atoms with Crippen LogP contribution in [0.5, 0.6) is 0 Å². The van der Waals surface area contributed by atoms with Gasteiger partial charge in [-0.05, 0) is 0 Å². The van der Waals surface area contributed by atoms with Gasteiger partial charge in [0.25, 0.3) is 0 Å². The lowest BCUT2D eigenvalue weighted by Gasteiger charge is -2.12. The highest BCUT2D eigenvalue weighted by Gasteiger charge is 2.10. The van der Waals surface area contributed by atoms with Crippen molar-refractivity contribution in [1.29, 1.82) is 0 Å². The lowest BCUT2D eigenvalue weighted by Crippen LogP contribution is -3.11. The number of rotatable bonds is 3. The molecule has 0 radical (unpaired) electrons. The Kier molecular flexibility index (Phi) is 2.99. The molecule has 4 nitrogen and oxygen atoms in total. The van der Waals surface area contributed by atoms with Gasteiger partial charge in [0.2, 0.25) is 6.33 Å². The molecule has 2 rings (SSSR count). The second-order valence-electron chi connectivity index (χ2n) is 4.05. The molecule has 0 bridgehead atoms. The largest absolute Gasteiger partial charge is 0.276 e. The van der Waals surface area contributed by atoms with Crippen LogP contribution in [0.2, 0.25) is 0 Å². The van der Waals surface area contributed by atoms with Crippen molar-refractivity contribution in [1.82, 2.24) is 4.57 Å². The van der Waals surface area contributed by atoms with Gasteiger partial charge in [-0.2, -0.15) is 0 Å². The lowest BCUT2D eigenvalue weighted by molar-refractivity contribution is -0.842. The van der Waals surface area contributed by atoms with Crippen LogP contribution in [0.25, 0.3) is 0 Å². The predicted octanol–water partition coefficient (Wildman–Crippen LogP) is -2.33.